The molecule has 2 aromatic carbocycles. The van der Waals surface area contributed by atoms with Gasteiger partial charge in [-0.3, -0.25) is 14.9 Å². The average molecular weight is 398 g/mol. The van der Waals surface area contributed by atoms with Crippen LogP contribution in [-0.2, 0) is 4.79 Å². The van der Waals surface area contributed by atoms with Gasteiger partial charge in [0.25, 0.3) is 5.69 Å². The first-order valence-corrected chi connectivity index (χ1v) is 10.1. The maximum absolute atomic E-state index is 11.9. The zero-order valence-electron chi connectivity index (χ0n) is 15.6. The van der Waals surface area contributed by atoms with E-state index in [-0.39, 0.29) is 17.3 Å². The summed E-state index contributed by atoms with van der Waals surface area (Å²) in [6.45, 7) is 4.25. The first-order chi connectivity index (χ1) is 13.5. The molecule has 7 nitrogen and oxygen atoms in total. The van der Waals surface area contributed by atoms with Gasteiger partial charge in [-0.15, -0.1) is 11.8 Å². The Morgan fingerprint density at radius 3 is 2.61 bits per heavy atom. The Hall–Kier alpha value is -2.87. The van der Waals surface area contributed by atoms with E-state index in [1.54, 1.807) is 18.3 Å². The molecule has 1 fully saturated rings. The topological polar surface area (TPSA) is 87.8 Å². The smallest absolute Gasteiger partial charge is 0.269 e. The molecular weight excluding hydrogens is 376 g/mol. The van der Waals surface area contributed by atoms with Gasteiger partial charge in [-0.05, 0) is 55.2 Å². The molecule has 3 rings (SSSR count). The van der Waals surface area contributed by atoms with Crippen LogP contribution in [0.1, 0.15) is 24.0 Å². The van der Waals surface area contributed by atoms with Gasteiger partial charge in [-0.25, -0.2) is 5.43 Å². The zero-order valence-corrected chi connectivity index (χ0v) is 16.4. The number of hydrogen-bond acceptors (Lipinski definition) is 6. The molecule has 0 aromatic heterocycles. The van der Waals surface area contributed by atoms with E-state index in [2.05, 4.69) is 27.6 Å². The Morgan fingerprint density at radius 2 is 1.96 bits per heavy atom. The highest BCUT2D eigenvalue weighted by atomic mass is 32.2. The molecule has 1 aliphatic heterocycles. The standard InChI is InChI=1S/C20H22N4O3S/c1-15-12-18(23-10-2-3-11-23)5-4-16(15)13-21-22-20(25)14-28-19-8-6-17(7-9-19)24(26)27/h4-9,12-13H,2-3,10-11,14H2,1H3,(H,22,25)/b21-13-. The van der Waals surface area contributed by atoms with E-state index in [9.17, 15) is 14.9 Å². The number of benzene rings is 2. The molecule has 1 aliphatic rings. The molecule has 28 heavy (non-hydrogen) atoms. The number of nitrogens with one attached hydrogen (secondary N) is 1. The minimum Gasteiger partial charge on any atom is -0.372 e. The molecule has 0 atom stereocenters. The zero-order chi connectivity index (χ0) is 19.9. The van der Waals surface area contributed by atoms with Crippen molar-refractivity contribution in [1.29, 1.82) is 0 Å². The Morgan fingerprint density at radius 1 is 1.25 bits per heavy atom. The summed E-state index contributed by atoms with van der Waals surface area (Å²) >= 11 is 1.30. The van der Waals surface area contributed by atoms with Gasteiger partial charge in [-0.1, -0.05) is 6.07 Å². The lowest BCUT2D eigenvalue weighted by atomic mass is 10.1. The van der Waals surface area contributed by atoms with E-state index in [4.69, 9.17) is 0 Å². The van der Waals surface area contributed by atoms with Crippen molar-refractivity contribution >= 4 is 35.3 Å². The molecule has 0 unspecified atom stereocenters. The fourth-order valence-corrected chi connectivity index (χ4v) is 3.69. The van der Waals surface area contributed by atoms with Crippen molar-refractivity contribution < 1.29 is 9.72 Å². The Kier molecular flexibility index (Phi) is 6.65. The summed E-state index contributed by atoms with van der Waals surface area (Å²) < 4.78 is 0. The second-order valence-corrected chi connectivity index (χ2v) is 7.62. The number of nitro groups is 1. The lowest BCUT2D eigenvalue weighted by Gasteiger charge is -2.18. The number of carbonyl (C=O) groups is 1. The van der Waals surface area contributed by atoms with Crippen LogP contribution in [0.2, 0.25) is 0 Å². The summed E-state index contributed by atoms with van der Waals surface area (Å²) in [4.78, 5) is 25.3. The van der Waals surface area contributed by atoms with Crippen LogP contribution < -0.4 is 10.3 Å². The summed E-state index contributed by atoms with van der Waals surface area (Å²) in [7, 11) is 0. The first-order valence-electron chi connectivity index (χ1n) is 9.08. The van der Waals surface area contributed by atoms with Crippen LogP contribution in [0, 0.1) is 17.0 Å². The summed E-state index contributed by atoms with van der Waals surface area (Å²) in [6, 6.07) is 12.4. The molecule has 0 bridgehead atoms. The van der Waals surface area contributed by atoms with Crippen molar-refractivity contribution in [3.05, 3.63) is 63.7 Å². The average Bonchev–Trinajstić information content (AvgIpc) is 3.23. The first kappa shape index (κ1) is 19.9. The van der Waals surface area contributed by atoms with Gasteiger partial charge in [0, 0.05) is 35.8 Å². The molecule has 8 heteroatoms. The highest BCUT2D eigenvalue weighted by molar-refractivity contribution is 8.00. The predicted molar refractivity (Wildman–Crippen MR) is 112 cm³/mol. The van der Waals surface area contributed by atoms with Crippen LogP contribution in [0.4, 0.5) is 11.4 Å². The lowest BCUT2D eigenvalue weighted by Crippen LogP contribution is -2.19. The summed E-state index contributed by atoms with van der Waals surface area (Å²) in [5.74, 6) is -0.0480. The van der Waals surface area contributed by atoms with Crippen LogP contribution in [0.25, 0.3) is 0 Å². The fourth-order valence-electron chi connectivity index (χ4n) is 3.00. The van der Waals surface area contributed by atoms with Crippen LogP contribution in [0.3, 0.4) is 0 Å². The highest BCUT2D eigenvalue weighted by Crippen LogP contribution is 2.23. The van der Waals surface area contributed by atoms with Gasteiger partial charge >= 0.3 is 0 Å². The Labute approximate surface area is 168 Å². The van der Waals surface area contributed by atoms with Crippen molar-refractivity contribution in [1.82, 2.24) is 5.43 Å². The van der Waals surface area contributed by atoms with Crippen molar-refractivity contribution in [2.75, 3.05) is 23.7 Å². The third kappa shape index (κ3) is 5.32. The van der Waals surface area contributed by atoms with E-state index >= 15 is 0 Å². The molecule has 0 aliphatic carbocycles. The summed E-state index contributed by atoms with van der Waals surface area (Å²) in [5.41, 5.74) is 5.86. The molecule has 1 N–H and O–H groups in total. The number of nitro benzene ring substituents is 1. The number of aryl methyl sites for hydroxylation is 1. The SMILES string of the molecule is Cc1cc(N2CCCC2)ccc1/C=N\NC(=O)CSc1ccc([N+](=O)[O-])cc1. The monoisotopic (exact) mass is 398 g/mol. The van der Waals surface area contributed by atoms with Crippen LogP contribution in [0.5, 0.6) is 0 Å². The quantitative estimate of drug-likeness (QED) is 0.332. The second kappa shape index (κ2) is 9.36. The number of anilines is 1. The van der Waals surface area contributed by atoms with Crippen LogP contribution >= 0.6 is 11.8 Å². The number of amides is 1. The normalized spacial score (nSPS) is 13.8. The van der Waals surface area contributed by atoms with Gasteiger partial charge in [0.2, 0.25) is 5.91 Å². The van der Waals surface area contributed by atoms with E-state index in [1.165, 1.54) is 42.4 Å². The van der Waals surface area contributed by atoms with E-state index in [0.29, 0.717) is 0 Å². The number of thioether (sulfide) groups is 1. The summed E-state index contributed by atoms with van der Waals surface area (Å²) in [6.07, 6.45) is 4.13. The van der Waals surface area contributed by atoms with Crippen molar-refractivity contribution in [2.45, 2.75) is 24.7 Å². The molecule has 2 aromatic rings. The molecule has 1 amide bonds. The second-order valence-electron chi connectivity index (χ2n) is 6.57. The van der Waals surface area contributed by atoms with Gasteiger partial charge < -0.3 is 4.90 Å². The van der Waals surface area contributed by atoms with Crippen LogP contribution in [-0.4, -0.2) is 35.9 Å². The molecule has 1 saturated heterocycles. The number of carbonyl (C=O) groups excluding carboxylic acids is 1. The fraction of sp³-hybridized carbons (Fsp3) is 0.300. The Bertz CT molecular complexity index is 878. The summed E-state index contributed by atoms with van der Waals surface area (Å²) in [5, 5.41) is 14.7. The maximum atomic E-state index is 11.9. The minimum atomic E-state index is -0.449. The molecule has 0 radical (unpaired) electrons. The third-order valence-electron chi connectivity index (χ3n) is 4.53. The van der Waals surface area contributed by atoms with Gasteiger partial charge in [0.15, 0.2) is 0 Å². The number of hydrazone groups is 1. The minimum absolute atomic E-state index is 0.0320. The predicted octanol–water partition coefficient (Wildman–Crippen LogP) is 3.75. The molecule has 146 valence electrons. The van der Waals surface area contributed by atoms with Gasteiger partial charge in [0.05, 0.1) is 16.9 Å². The number of nitrogens with zero attached hydrogens (tertiary/aromatic N) is 3. The van der Waals surface area contributed by atoms with E-state index in [0.717, 1.165) is 29.1 Å². The molecule has 0 saturated carbocycles. The number of non-ortho nitro benzene ring substituents is 1. The maximum Gasteiger partial charge on any atom is 0.269 e. The lowest BCUT2D eigenvalue weighted by molar-refractivity contribution is -0.384. The molecular formula is C20H22N4O3S. The largest absolute Gasteiger partial charge is 0.372 e. The number of rotatable bonds is 7. The van der Waals surface area contributed by atoms with Crippen molar-refractivity contribution in [2.24, 2.45) is 5.10 Å². The van der Waals surface area contributed by atoms with Crippen LogP contribution in [0.15, 0.2) is 52.5 Å². The Balaban J connectivity index is 1.48. The van der Waals surface area contributed by atoms with E-state index in [1.807, 2.05) is 13.0 Å². The van der Waals surface area contributed by atoms with E-state index < -0.39 is 4.92 Å². The molecule has 1 heterocycles. The molecule has 0 spiro atoms. The third-order valence-corrected chi connectivity index (χ3v) is 5.55. The van der Waals surface area contributed by atoms with Crippen molar-refractivity contribution in [3.8, 4) is 0 Å². The highest BCUT2D eigenvalue weighted by Gasteiger charge is 2.12. The van der Waals surface area contributed by atoms with Gasteiger partial charge in [-0.2, -0.15) is 5.10 Å². The van der Waals surface area contributed by atoms with Crippen molar-refractivity contribution in [3.63, 3.8) is 0 Å². The van der Waals surface area contributed by atoms with Gasteiger partial charge in [0.1, 0.15) is 0 Å². The number of hydrogen-bond donors (Lipinski definition) is 1.